The highest BCUT2D eigenvalue weighted by Crippen LogP contribution is 2.34. The molecule has 5 N–H and O–H groups in total. The summed E-state index contributed by atoms with van der Waals surface area (Å²) in [5.41, 5.74) is 1.95. The maximum atomic E-state index is 11.7. The molecule has 3 saturated heterocycles. The molecule has 0 saturated carbocycles. The van der Waals surface area contributed by atoms with Gasteiger partial charge >= 0.3 is 47.8 Å². The number of carbonyl (C=O) groups is 14. The van der Waals surface area contributed by atoms with E-state index in [4.69, 9.17) is 20.7 Å². The molecule has 0 aromatic rings. The molecule has 1 amide bonds. The third-order valence-electron chi connectivity index (χ3n) is 15.8. The maximum absolute atomic E-state index is 11.7. The Kier molecular flexibility index (Phi) is 71.3. The summed E-state index contributed by atoms with van der Waals surface area (Å²) in [5, 5.41) is 19.6. The van der Waals surface area contributed by atoms with Crippen molar-refractivity contribution < 1.29 is 110 Å². The number of ether oxygens (including phenoxy) is 7. The molecule has 103 heavy (non-hydrogen) atoms. The average molecular weight is 1480 g/mol. The first-order valence-electron chi connectivity index (χ1n) is 33.1. The first kappa shape index (κ1) is 120. The van der Waals surface area contributed by atoms with E-state index in [9.17, 15) is 67.1 Å². The second kappa shape index (κ2) is 61.3. The molecule has 0 bridgehead atoms. The molecular weight excluding hydrogens is 1330 g/mol. The fourth-order valence-corrected chi connectivity index (χ4v) is 7.44. The number of esters is 7. The zero-order valence-corrected chi connectivity index (χ0v) is 65.4. The number of aldehydes is 2. The van der Waals surface area contributed by atoms with Crippen molar-refractivity contribution in [3.63, 3.8) is 0 Å². The van der Waals surface area contributed by atoms with E-state index in [1.165, 1.54) is 49.4 Å². The molecule has 3 fully saturated rings. The smallest absolute Gasteiger partial charge is 0.312 e. The van der Waals surface area contributed by atoms with E-state index in [1.807, 2.05) is 76.2 Å². The summed E-state index contributed by atoms with van der Waals surface area (Å²) < 4.78 is 32.3. The van der Waals surface area contributed by atoms with Gasteiger partial charge in [0.2, 0.25) is 5.91 Å². The van der Waals surface area contributed by atoms with Gasteiger partial charge in [-0.05, 0) is 182 Å². The van der Waals surface area contributed by atoms with Gasteiger partial charge in [-0.1, -0.05) is 76.5 Å². The summed E-state index contributed by atoms with van der Waals surface area (Å²) in [6, 6.07) is -0.697. The molecule has 26 heteroatoms. The Hall–Kier alpha value is -7.06. The van der Waals surface area contributed by atoms with Crippen LogP contribution in [-0.2, 0) is 100 Å². The van der Waals surface area contributed by atoms with Crippen LogP contribution in [0.15, 0.2) is 25.3 Å². The maximum Gasteiger partial charge on any atom is 0.312 e. The van der Waals surface area contributed by atoms with Gasteiger partial charge in [0.05, 0.1) is 111 Å². The third kappa shape index (κ3) is 56.1. The number of Topliss-reactive ketones (excluding diaryl/α,β-unsaturated/α-hetero) is 3. The van der Waals surface area contributed by atoms with Crippen LogP contribution in [0.5, 0.6) is 0 Å². The summed E-state index contributed by atoms with van der Waals surface area (Å²) in [6.07, 6.45) is 12.1. The highest BCUT2D eigenvalue weighted by Gasteiger charge is 2.42. The lowest BCUT2D eigenvalue weighted by atomic mass is 9.86. The number of aliphatic hydroxyl groups is 1. The molecule has 3 aliphatic rings. The molecule has 3 rings (SSSR count). The Labute approximate surface area is 621 Å². The number of carbonyl (C=O) groups excluding carboxylic acids is 13. The van der Waals surface area contributed by atoms with E-state index in [-0.39, 0.29) is 149 Å². The molecule has 0 aromatic heterocycles. The Morgan fingerprint density at radius 3 is 1.25 bits per heavy atom. The minimum atomic E-state index is -0.741. The SMILES string of the molecule is C.C.C.C.C=CCC(C)(C)C(=O)OC.C=CCC1(C)CCOC1=O.CC(=O)C(C)N.CC(=O)C(C)N1CCC(C)(C)C1=O.CC(C)C(=O)O.CC1CCOC1=O.COC(=O)C(C)(C)CC=O.COC(=O)C(C)(C)CCC=O.COC(=O)C(C)(C)CCCO.COC(=O)C(C)(C)CCNC(C)C(C)=O. The van der Waals surface area contributed by atoms with Crippen LogP contribution in [0.2, 0.25) is 0 Å². The number of carboxylic acids is 1. The van der Waals surface area contributed by atoms with Gasteiger partial charge in [0, 0.05) is 31.4 Å². The number of aliphatic carboxylic acids is 1. The van der Waals surface area contributed by atoms with Crippen LogP contribution in [0, 0.1) is 49.7 Å². The number of nitrogens with one attached hydrogen (secondary N) is 1. The molecular formula is C77H147N3O23. The molecule has 5 atom stereocenters. The van der Waals surface area contributed by atoms with E-state index in [1.54, 1.807) is 79.4 Å². The first-order chi connectivity index (χ1) is 45.1. The summed E-state index contributed by atoms with van der Waals surface area (Å²) in [6.45, 7) is 48.4. The van der Waals surface area contributed by atoms with Crippen molar-refractivity contribution in [3.05, 3.63) is 25.3 Å². The summed E-state index contributed by atoms with van der Waals surface area (Å²) >= 11 is 0. The fourth-order valence-electron chi connectivity index (χ4n) is 7.44. The number of hydrogen-bond acceptors (Lipinski definition) is 24. The monoisotopic (exact) mass is 1480 g/mol. The van der Waals surface area contributed by atoms with Crippen LogP contribution in [0.1, 0.15) is 253 Å². The molecule has 608 valence electrons. The van der Waals surface area contributed by atoms with Crippen molar-refractivity contribution in [2.45, 2.75) is 271 Å². The zero-order chi connectivity index (χ0) is 79.7. The minimum absolute atomic E-state index is 0. The molecule has 0 aliphatic carbocycles. The quantitative estimate of drug-likeness (QED) is 0.0270. The van der Waals surface area contributed by atoms with Crippen LogP contribution in [0.25, 0.3) is 0 Å². The number of amides is 1. The second-order valence-electron chi connectivity index (χ2n) is 28.4. The summed E-state index contributed by atoms with van der Waals surface area (Å²) in [4.78, 5) is 152. The number of rotatable bonds is 26. The van der Waals surface area contributed by atoms with Gasteiger partial charge < -0.3 is 68.9 Å². The number of nitrogens with zero attached hydrogens (tertiary/aromatic N) is 1. The minimum Gasteiger partial charge on any atom is -0.481 e. The fraction of sp³-hybridized carbons (Fsp3) is 0.766. The van der Waals surface area contributed by atoms with E-state index in [2.05, 4.69) is 46.9 Å². The molecule has 26 nitrogen and oxygen atoms in total. The topological polar surface area (TPSA) is 385 Å². The largest absolute Gasteiger partial charge is 0.481 e. The lowest BCUT2D eigenvalue weighted by Crippen LogP contribution is -2.41. The van der Waals surface area contributed by atoms with Crippen molar-refractivity contribution >= 4 is 83.6 Å². The van der Waals surface area contributed by atoms with Gasteiger partial charge in [-0.3, -0.25) is 57.5 Å². The van der Waals surface area contributed by atoms with Gasteiger partial charge in [0.25, 0.3) is 0 Å². The van der Waals surface area contributed by atoms with Gasteiger partial charge in [-0.2, -0.15) is 0 Å². The summed E-state index contributed by atoms with van der Waals surface area (Å²) in [7, 11) is 6.83. The van der Waals surface area contributed by atoms with Crippen molar-refractivity contribution in [1.82, 2.24) is 10.2 Å². The predicted octanol–water partition coefficient (Wildman–Crippen LogP) is 12.3. The molecule has 3 heterocycles. The van der Waals surface area contributed by atoms with Gasteiger partial charge in [-0.25, -0.2) is 0 Å². The lowest BCUT2D eigenvalue weighted by molar-refractivity contribution is -0.152. The number of allylic oxidation sites excluding steroid dienone is 2. The van der Waals surface area contributed by atoms with E-state index in [0.717, 1.165) is 38.3 Å². The Balaban J connectivity index is -0.000000102. The van der Waals surface area contributed by atoms with Crippen LogP contribution in [0.3, 0.4) is 0 Å². The molecule has 0 spiro atoms. The second-order valence-corrected chi connectivity index (χ2v) is 28.4. The van der Waals surface area contributed by atoms with Crippen molar-refractivity contribution in [2.24, 2.45) is 55.5 Å². The number of carboxylic acid groups (broad SMARTS) is 1. The number of ketones is 3. The Morgan fingerprint density at radius 2 is 1.00 bits per heavy atom. The van der Waals surface area contributed by atoms with Crippen LogP contribution >= 0.6 is 0 Å². The highest BCUT2D eigenvalue weighted by molar-refractivity contribution is 5.91. The van der Waals surface area contributed by atoms with E-state index in [0.29, 0.717) is 64.8 Å². The molecule has 3 aliphatic heterocycles. The van der Waals surface area contributed by atoms with Crippen molar-refractivity contribution in [3.8, 4) is 0 Å². The predicted molar refractivity (Wildman–Crippen MR) is 406 cm³/mol. The Bertz CT molecular complexity index is 2440. The standard InChI is InChI=1S/C11H21NO3.C10H17NO2.C8H16O3.C8H14O3.C8H12O2.C8H14O2.C7H12O3.C5H8O2.C4H9NO.C4H8O2.4CH4/c1-8(9(2)13)12-7-6-11(3,4)10(14)15-5;1-7(8(2)12)11-6-5-10(3,4)9(11)13;2*1-8(2,5-4-6-9)7(10)11-3;1-3-4-8(2)5-6-10-7(8)9;1-5-6-8(2,3)7(9)10-4;1-7(2,4-5-8)6(9)10-3;1-4-2-3-7-5(4)6;1-3(5)4(2)6;1-3(2)4(5)6;;;;/h8,12H,6-7H2,1-5H3;7H,5-6H2,1-4H3;9H,4-6H2,1-3H3;6H,4-5H2,1-3H3;3H,1,4-6H2,2H3;5H,1,6H2,2-4H3;5H,4H2,1-3H3;4H,2-3H2,1H3;3H,5H2,1-2H3;3H,1-2H3,(H,5,6);4*1H4. The Morgan fingerprint density at radius 1 is 0.612 bits per heavy atom. The normalized spacial score (nSPS) is 15.8. The molecule has 0 aromatic carbocycles. The third-order valence-corrected chi connectivity index (χ3v) is 15.8. The van der Waals surface area contributed by atoms with Gasteiger partial charge in [0.1, 0.15) is 24.1 Å². The molecule has 5 unspecified atom stereocenters. The van der Waals surface area contributed by atoms with Crippen LogP contribution in [-0.4, -0.2) is 185 Å². The van der Waals surface area contributed by atoms with Crippen molar-refractivity contribution in [1.29, 1.82) is 0 Å². The lowest BCUT2D eigenvalue weighted by Gasteiger charge is -2.24. The first-order valence-corrected chi connectivity index (χ1v) is 33.1. The van der Waals surface area contributed by atoms with Gasteiger partial charge in [-0.15, -0.1) is 13.2 Å². The van der Waals surface area contributed by atoms with Crippen LogP contribution < -0.4 is 11.1 Å². The summed E-state index contributed by atoms with van der Waals surface area (Å²) in [5.74, 6) is -1.87. The average Bonchev–Trinajstić information content (AvgIpc) is 1.67. The molecule has 0 radical (unpaired) electrons. The zero-order valence-electron chi connectivity index (χ0n) is 65.4. The highest BCUT2D eigenvalue weighted by atomic mass is 16.6. The van der Waals surface area contributed by atoms with Crippen LogP contribution in [0.4, 0.5) is 0 Å². The van der Waals surface area contributed by atoms with Gasteiger partial charge in [0.15, 0.2) is 5.78 Å². The van der Waals surface area contributed by atoms with E-state index >= 15 is 0 Å². The number of methoxy groups -OCH3 is 5. The van der Waals surface area contributed by atoms with E-state index < -0.39 is 33.0 Å². The van der Waals surface area contributed by atoms with Crippen molar-refractivity contribution in [2.75, 3.05) is 68.5 Å². The number of aliphatic hydroxyl groups excluding tert-OH is 1. The number of cyclic esters (lactones) is 2. The number of hydrogen-bond donors (Lipinski definition) is 4. The number of likely N-dealkylation sites (tertiary alicyclic amines) is 1. The number of nitrogens with two attached hydrogens (primary N) is 1.